The summed E-state index contributed by atoms with van der Waals surface area (Å²) < 4.78 is 5.37. The zero-order valence-electron chi connectivity index (χ0n) is 13.5. The number of ether oxygens (including phenoxy) is 1. The van der Waals surface area contributed by atoms with Crippen LogP contribution in [0.5, 0.6) is 5.75 Å². The van der Waals surface area contributed by atoms with Gasteiger partial charge in [0.1, 0.15) is 5.75 Å². The number of para-hydroxylation sites is 1. The van der Waals surface area contributed by atoms with Crippen molar-refractivity contribution < 1.29 is 4.74 Å². The number of aromatic nitrogens is 3. The Hall–Kier alpha value is -2.37. The molecule has 0 radical (unpaired) electrons. The van der Waals surface area contributed by atoms with Gasteiger partial charge in [-0.2, -0.15) is 10.1 Å². The summed E-state index contributed by atoms with van der Waals surface area (Å²) in [6.07, 6.45) is 6.24. The molecule has 1 aliphatic heterocycles. The highest BCUT2D eigenvalue weighted by Crippen LogP contribution is 2.18. The quantitative estimate of drug-likeness (QED) is 0.884. The zero-order valence-corrected chi connectivity index (χ0v) is 13.5. The number of hydrogen-bond donors (Lipinski definition) is 1. The molecule has 1 fully saturated rings. The van der Waals surface area contributed by atoms with Gasteiger partial charge in [0, 0.05) is 19.6 Å². The van der Waals surface area contributed by atoms with Gasteiger partial charge in [0.15, 0.2) is 5.82 Å². The molecule has 2 heterocycles. The van der Waals surface area contributed by atoms with Crippen LogP contribution in [0.4, 0.5) is 11.8 Å². The summed E-state index contributed by atoms with van der Waals surface area (Å²) in [5, 5.41) is 11.6. The van der Waals surface area contributed by atoms with Gasteiger partial charge in [0.05, 0.1) is 13.3 Å². The molecule has 0 atom stereocenters. The van der Waals surface area contributed by atoms with E-state index in [9.17, 15) is 0 Å². The smallest absolute Gasteiger partial charge is 0.247 e. The van der Waals surface area contributed by atoms with Crippen molar-refractivity contribution in [1.29, 1.82) is 0 Å². The van der Waals surface area contributed by atoms with Crippen LogP contribution in [0.15, 0.2) is 30.5 Å². The van der Waals surface area contributed by atoms with Crippen molar-refractivity contribution in [2.75, 3.05) is 37.0 Å². The third-order valence-electron chi connectivity index (χ3n) is 4.08. The molecule has 0 amide bonds. The van der Waals surface area contributed by atoms with E-state index in [1.807, 2.05) is 18.2 Å². The fourth-order valence-electron chi connectivity index (χ4n) is 2.84. The minimum absolute atomic E-state index is 0.729. The molecule has 0 spiro atoms. The summed E-state index contributed by atoms with van der Waals surface area (Å²) in [6, 6.07) is 8.07. The van der Waals surface area contributed by atoms with Gasteiger partial charge in [-0.05, 0) is 37.3 Å². The van der Waals surface area contributed by atoms with Crippen LogP contribution < -0.4 is 15.0 Å². The first-order chi connectivity index (χ1) is 11.4. The molecule has 122 valence electrons. The number of anilines is 2. The molecular weight excluding hydrogens is 290 g/mol. The van der Waals surface area contributed by atoms with E-state index < -0.39 is 0 Å². The van der Waals surface area contributed by atoms with Crippen LogP contribution in [-0.4, -0.2) is 41.9 Å². The summed E-state index contributed by atoms with van der Waals surface area (Å²) in [5.74, 6) is 2.42. The van der Waals surface area contributed by atoms with Crippen molar-refractivity contribution in [3.63, 3.8) is 0 Å². The fourth-order valence-corrected chi connectivity index (χ4v) is 2.84. The second-order valence-electron chi connectivity index (χ2n) is 5.68. The number of methoxy groups -OCH3 is 1. The Labute approximate surface area is 136 Å². The Morgan fingerprint density at radius 3 is 2.83 bits per heavy atom. The molecule has 23 heavy (non-hydrogen) atoms. The standard InChI is InChI=1S/C17H23N5O/c1-23-15-8-4-3-7-14(15)9-10-18-16-13-19-21-17(20-16)22-11-5-2-6-12-22/h3-4,7-8,13H,2,5-6,9-12H2,1H3,(H,18,20,21). The van der Waals surface area contributed by atoms with E-state index >= 15 is 0 Å². The number of hydrogen-bond acceptors (Lipinski definition) is 6. The Balaban J connectivity index is 1.58. The highest BCUT2D eigenvalue weighted by Gasteiger charge is 2.14. The lowest BCUT2D eigenvalue weighted by Crippen LogP contribution is -2.31. The van der Waals surface area contributed by atoms with E-state index in [4.69, 9.17) is 4.74 Å². The van der Waals surface area contributed by atoms with Crippen LogP contribution in [0.25, 0.3) is 0 Å². The number of nitrogens with one attached hydrogen (secondary N) is 1. The van der Waals surface area contributed by atoms with Gasteiger partial charge in [-0.1, -0.05) is 18.2 Å². The molecule has 6 nitrogen and oxygen atoms in total. The van der Waals surface area contributed by atoms with Crippen LogP contribution in [0, 0.1) is 0 Å². The van der Waals surface area contributed by atoms with E-state index in [1.165, 1.54) is 24.8 Å². The molecule has 1 N–H and O–H groups in total. The number of rotatable bonds is 6. The summed E-state index contributed by atoms with van der Waals surface area (Å²) in [6.45, 7) is 2.82. The van der Waals surface area contributed by atoms with Crippen molar-refractivity contribution in [3.05, 3.63) is 36.0 Å². The van der Waals surface area contributed by atoms with E-state index in [0.29, 0.717) is 0 Å². The first-order valence-corrected chi connectivity index (χ1v) is 8.17. The maximum absolute atomic E-state index is 5.37. The number of nitrogens with zero attached hydrogens (tertiary/aromatic N) is 4. The van der Waals surface area contributed by atoms with Crippen molar-refractivity contribution in [2.45, 2.75) is 25.7 Å². The molecule has 0 unspecified atom stereocenters. The highest BCUT2D eigenvalue weighted by atomic mass is 16.5. The Bertz CT molecular complexity index is 628. The van der Waals surface area contributed by atoms with Crippen LogP contribution >= 0.6 is 0 Å². The Kier molecular flexibility index (Phi) is 5.24. The summed E-state index contributed by atoms with van der Waals surface area (Å²) >= 11 is 0. The largest absolute Gasteiger partial charge is 0.496 e. The Morgan fingerprint density at radius 2 is 2.00 bits per heavy atom. The summed E-state index contributed by atoms with van der Waals surface area (Å²) in [5.41, 5.74) is 1.18. The average molecular weight is 313 g/mol. The van der Waals surface area contributed by atoms with Crippen LogP contribution in [-0.2, 0) is 6.42 Å². The highest BCUT2D eigenvalue weighted by molar-refractivity contribution is 5.40. The maximum atomic E-state index is 5.37. The second kappa shape index (κ2) is 7.76. The van der Waals surface area contributed by atoms with Crippen molar-refractivity contribution in [1.82, 2.24) is 15.2 Å². The van der Waals surface area contributed by atoms with Crippen molar-refractivity contribution >= 4 is 11.8 Å². The van der Waals surface area contributed by atoms with E-state index in [0.717, 1.165) is 43.6 Å². The lowest BCUT2D eigenvalue weighted by atomic mass is 10.1. The molecule has 0 aliphatic carbocycles. The molecule has 3 rings (SSSR count). The van der Waals surface area contributed by atoms with Gasteiger partial charge in [0.2, 0.25) is 5.95 Å². The van der Waals surface area contributed by atoms with Crippen molar-refractivity contribution in [2.24, 2.45) is 0 Å². The van der Waals surface area contributed by atoms with E-state index in [1.54, 1.807) is 13.3 Å². The predicted molar refractivity (Wildman–Crippen MR) is 91.1 cm³/mol. The minimum Gasteiger partial charge on any atom is -0.496 e. The van der Waals surface area contributed by atoms with Gasteiger partial charge in [0.25, 0.3) is 0 Å². The molecule has 1 aromatic heterocycles. The van der Waals surface area contributed by atoms with Crippen LogP contribution in [0.1, 0.15) is 24.8 Å². The minimum atomic E-state index is 0.729. The lowest BCUT2D eigenvalue weighted by molar-refractivity contribution is 0.410. The topological polar surface area (TPSA) is 63.2 Å². The third kappa shape index (κ3) is 4.09. The SMILES string of the molecule is COc1ccccc1CCNc1cnnc(N2CCCCC2)n1. The van der Waals surface area contributed by atoms with Gasteiger partial charge < -0.3 is 15.0 Å². The normalized spacial score (nSPS) is 14.6. The van der Waals surface area contributed by atoms with Crippen LogP contribution in [0.3, 0.4) is 0 Å². The van der Waals surface area contributed by atoms with Gasteiger partial charge in [-0.15, -0.1) is 5.10 Å². The molecule has 1 saturated heterocycles. The summed E-state index contributed by atoms with van der Waals surface area (Å²) in [7, 11) is 1.70. The third-order valence-corrected chi connectivity index (χ3v) is 4.08. The molecule has 6 heteroatoms. The number of piperidine rings is 1. The first kappa shape index (κ1) is 15.5. The summed E-state index contributed by atoms with van der Waals surface area (Å²) in [4.78, 5) is 6.79. The van der Waals surface area contributed by atoms with Crippen molar-refractivity contribution in [3.8, 4) is 5.75 Å². The molecular formula is C17H23N5O. The molecule has 0 bridgehead atoms. The zero-order chi connectivity index (χ0) is 15.9. The van der Waals surface area contributed by atoms with Gasteiger partial charge in [-0.3, -0.25) is 0 Å². The maximum Gasteiger partial charge on any atom is 0.247 e. The van der Waals surface area contributed by atoms with Gasteiger partial charge in [-0.25, -0.2) is 0 Å². The van der Waals surface area contributed by atoms with Crippen LogP contribution in [0.2, 0.25) is 0 Å². The Morgan fingerprint density at radius 1 is 1.17 bits per heavy atom. The first-order valence-electron chi connectivity index (χ1n) is 8.17. The second-order valence-corrected chi connectivity index (χ2v) is 5.68. The predicted octanol–water partition coefficient (Wildman–Crippen LogP) is 2.53. The average Bonchev–Trinajstić information content (AvgIpc) is 2.63. The molecule has 2 aromatic rings. The monoisotopic (exact) mass is 313 g/mol. The molecule has 1 aliphatic rings. The number of benzene rings is 1. The molecule has 1 aromatic carbocycles. The van der Waals surface area contributed by atoms with E-state index in [2.05, 4.69) is 31.5 Å². The molecule has 0 saturated carbocycles. The van der Waals surface area contributed by atoms with E-state index in [-0.39, 0.29) is 0 Å². The fraction of sp³-hybridized carbons (Fsp3) is 0.471. The van der Waals surface area contributed by atoms with Gasteiger partial charge >= 0.3 is 0 Å². The lowest BCUT2D eigenvalue weighted by Gasteiger charge is -2.26.